The number of nitrogens with zero attached hydrogens (tertiary/aromatic N) is 3. The van der Waals surface area contributed by atoms with E-state index in [1.54, 1.807) is 9.13 Å². The summed E-state index contributed by atoms with van der Waals surface area (Å²) in [4.78, 5) is 17.6. The van der Waals surface area contributed by atoms with Gasteiger partial charge in [0.1, 0.15) is 17.3 Å². The molecular formula is C43H32N4O2. The Labute approximate surface area is 282 Å². The summed E-state index contributed by atoms with van der Waals surface area (Å²) in [6.07, 6.45) is 1.91. The Morgan fingerprint density at radius 2 is 1.16 bits per heavy atom. The monoisotopic (exact) mass is 636 g/mol. The van der Waals surface area contributed by atoms with Crippen LogP contribution < -0.4 is 11.0 Å². The lowest BCUT2D eigenvalue weighted by Crippen LogP contribution is -2.24. The highest BCUT2D eigenvalue weighted by atomic mass is 16.3. The van der Waals surface area contributed by atoms with Crippen LogP contribution in [0.25, 0.3) is 60.9 Å². The second-order valence-electron chi connectivity index (χ2n) is 12.6. The fourth-order valence-corrected chi connectivity index (χ4v) is 6.92. The number of hydrogen-bond acceptors (Lipinski definition) is 4. The summed E-state index contributed by atoms with van der Waals surface area (Å²) >= 11 is 0. The quantitative estimate of drug-likeness (QED) is 0.205. The minimum absolute atomic E-state index is 0.0256. The van der Waals surface area contributed by atoms with E-state index in [9.17, 15) is 4.79 Å². The van der Waals surface area contributed by atoms with Gasteiger partial charge in [-0.25, -0.2) is 4.79 Å². The molecule has 2 aromatic heterocycles. The summed E-state index contributed by atoms with van der Waals surface area (Å²) in [6.45, 7) is 0. The van der Waals surface area contributed by atoms with Gasteiger partial charge in [0, 0.05) is 30.6 Å². The zero-order valence-electron chi connectivity index (χ0n) is 27.1. The number of aliphatic imine (C=N–C) groups is 1. The molecule has 0 fully saturated rings. The fraction of sp³-hybridized carbons (Fsp3) is 0.0698. The maximum atomic E-state index is 12.5. The maximum absolute atomic E-state index is 12.5. The van der Waals surface area contributed by atoms with Crippen LogP contribution in [-0.2, 0) is 14.1 Å². The number of imidazole rings is 1. The lowest BCUT2D eigenvalue weighted by Gasteiger charge is -2.25. The molecule has 0 saturated heterocycles. The van der Waals surface area contributed by atoms with Crippen molar-refractivity contribution in [2.75, 3.05) is 0 Å². The summed E-state index contributed by atoms with van der Waals surface area (Å²) in [5.41, 5.74) is 13.2. The van der Waals surface area contributed by atoms with Crippen molar-refractivity contribution in [1.29, 1.82) is 0 Å². The van der Waals surface area contributed by atoms with Gasteiger partial charge < -0.3 is 9.73 Å². The Balaban J connectivity index is 1.05. The smallest absolute Gasteiger partial charge is 0.328 e. The number of allylic oxidation sites excluding steroid dienone is 1. The zero-order valence-corrected chi connectivity index (χ0v) is 27.1. The van der Waals surface area contributed by atoms with Crippen LogP contribution in [-0.4, -0.2) is 14.8 Å². The van der Waals surface area contributed by atoms with E-state index in [1.807, 2.05) is 56.6 Å². The molecule has 6 heteroatoms. The summed E-state index contributed by atoms with van der Waals surface area (Å²) in [6, 6.07) is 48.3. The highest BCUT2D eigenvalue weighted by Gasteiger charge is 2.20. The van der Waals surface area contributed by atoms with Gasteiger partial charge in [0.2, 0.25) is 0 Å². The third kappa shape index (κ3) is 4.97. The highest BCUT2D eigenvalue weighted by molar-refractivity contribution is 6.13. The second kappa shape index (κ2) is 11.4. The SMILES string of the molecule is Cn1c(=O)n(C)c2cc(-c3ccc(C4=CC(c5ccc(-c6ccc7oc8ccccc8c7c6)cc5)=NC(c5ccccc5)N4)cc3)ccc21. The molecule has 0 aliphatic carbocycles. The van der Waals surface area contributed by atoms with E-state index < -0.39 is 0 Å². The first-order valence-electron chi connectivity index (χ1n) is 16.4. The number of aromatic nitrogens is 2. The van der Waals surface area contributed by atoms with E-state index >= 15 is 0 Å². The van der Waals surface area contributed by atoms with Gasteiger partial charge in [-0.1, -0.05) is 109 Å². The fourth-order valence-electron chi connectivity index (χ4n) is 6.92. The Kier molecular flexibility index (Phi) is 6.69. The van der Waals surface area contributed by atoms with E-state index in [0.29, 0.717) is 0 Å². The highest BCUT2D eigenvalue weighted by Crippen LogP contribution is 2.33. The van der Waals surface area contributed by atoms with Crippen molar-refractivity contribution < 1.29 is 4.42 Å². The minimum atomic E-state index is -0.228. The molecule has 6 nitrogen and oxygen atoms in total. The number of aryl methyl sites for hydroxylation is 2. The average molecular weight is 637 g/mol. The third-order valence-electron chi connectivity index (χ3n) is 9.65. The zero-order chi connectivity index (χ0) is 33.1. The molecule has 6 aromatic carbocycles. The molecule has 49 heavy (non-hydrogen) atoms. The van der Waals surface area contributed by atoms with Crippen molar-refractivity contribution in [3.8, 4) is 22.3 Å². The van der Waals surface area contributed by atoms with Crippen LogP contribution in [0, 0.1) is 0 Å². The van der Waals surface area contributed by atoms with E-state index in [2.05, 4.69) is 108 Å². The van der Waals surface area contributed by atoms with Gasteiger partial charge in [-0.15, -0.1) is 0 Å². The van der Waals surface area contributed by atoms with Crippen molar-refractivity contribution in [2.24, 2.45) is 19.1 Å². The lowest BCUT2D eigenvalue weighted by atomic mass is 9.97. The average Bonchev–Trinajstić information content (AvgIpc) is 3.64. The molecule has 8 aromatic rings. The molecule has 0 bridgehead atoms. The Morgan fingerprint density at radius 3 is 1.94 bits per heavy atom. The molecule has 1 aliphatic rings. The Hall–Kier alpha value is -6.40. The molecule has 0 spiro atoms. The number of fused-ring (bicyclic) bond motifs is 4. The van der Waals surface area contributed by atoms with E-state index in [4.69, 9.17) is 9.41 Å². The van der Waals surface area contributed by atoms with Crippen molar-refractivity contribution in [2.45, 2.75) is 6.17 Å². The first-order chi connectivity index (χ1) is 24.0. The molecule has 0 amide bonds. The molecular weight excluding hydrogens is 604 g/mol. The maximum Gasteiger partial charge on any atom is 0.328 e. The van der Waals surface area contributed by atoms with Crippen LogP contribution in [0.3, 0.4) is 0 Å². The van der Waals surface area contributed by atoms with Crippen molar-refractivity contribution in [3.05, 3.63) is 173 Å². The number of nitrogens with one attached hydrogen (secondary N) is 1. The summed E-state index contributed by atoms with van der Waals surface area (Å²) in [7, 11) is 3.62. The Morgan fingerprint density at radius 1 is 0.571 bits per heavy atom. The van der Waals surface area contributed by atoms with E-state index in [-0.39, 0.29) is 11.9 Å². The van der Waals surface area contributed by atoms with Crippen LogP contribution in [0.1, 0.15) is 22.9 Å². The second-order valence-corrected chi connectivity index (χ2v) is 12.6. The summed E-state index contributed by atoms with van der Waals surface area (Å²) < 4.78 is 9.42. The topological polar surface area (TPSA) is 64.5 Å². The van der Waals surface area contributed by atoms with Crippen molar-refractivity contribution in [1.82, 2.24) is 14.5 Å². The number of benzene rings is 6. The van der Waals surface area contributed by atoms with Gasteiger partial charge in [0.05, 0.1) is 16.7 Å². The van der Waals surface area contributed by atoms with Gasteiger partial charge in [-0.3, -0.25) is 14.1 Å². The number of para-hydroxylation sites is 1. The molecule has 236 valence electrons. The molecule has 0 saturated carbocycles. The summed E-state index contributed by atoms with van der Waals surface area (Å²) in [5.74, 6) is 0. The van der Waals surface area contributed by atoms with Crippen LogP contribution in [0.5, 0.6) is 0 Å². The van der Waals surface area contributed by atoms with Gasteiger partial charge in [-0.2, -0.15) is 0 Å². The molecule has 3 heterocycles. The number of hydrogen-bond donors (Lipinski definition) is 1. The number of furan rings is 1. The predicted octanol–water partition coefficient (Wildman–Crippen LogP) is 9.24. The van der Waals surface area contributed by atoms with Gasteiger partial charge in [0.25, 0.3) is 0 Å². The van der Waals surface area contributed by atoms with Crippen LogP contribution in [0.4, 0.5) is 0 Å². The normalized spacial score (nSPS) is 14.6. The molecule has 0 radical (unpaired) electrons. The van der Waals surface area contributed by atoms with E-state index in [0.717, 1.165) is 83.3 Å². The predicted molar refractivity (Wildman–Crippen MR) is 200 cm³/mol. The van der Waals surface area contributed by atoms with Crippen LogP contribution in [0.15, 0.2) is 160 Å². The molecule has 1 unspecified atom stereocenters. The lowest BCUT2D eigenvalue weighted by molar-refractivity contribution is 0.664. The third-order valence-corrected chi connectivity index (χ3v) is 9.65. The molecule has 1 aliphatic heterocycles. The molecule has 1 atom stereocenters. The molecule has 1 N–H and O–H groups in total. The van der Waals surface area contributed by atoms with Crippen molar-refractivity contribution in [3.63, 3.8) is 0 Å². The standard InChI is InChI=1S/C43H32N4O2/c1-46-38-22-20-33(25-39(38)47(2)43(46)48)28-14-18-30(19-15-28)37-26-36(44-42(45-37)31-8-4-3-5-9-31)29-16-12-27(13-17-29)32-21-23-41-35(24-32)34-10-6-7-11-40(34)49-41/h3-26,42,45H,1-2H3. The summed E-state index contributed by atoms with van der Waals surface area (Å²) in [5, 5.41) is 5.92. The van der Waals surface area contributed by atoms with Gasteiger partial charge in [0.15, 0.2) is 0 Å². The molecule has 9 rings (SSSR count). The first kappa shape index (κ1) is 28.8. The van der Waals surface area contributed by atoms with Crippen LogP contribution >= 0.6 is 0 Å². The Bertz CT molecular complexity index is 2660. The van der Waals surface area contributed by atoms with Gasteiger partial charge >= 0.3 is 5.69 Å². The number of rotatable bonds is 5. The largest absolute Gasteiger partial charge is 0.456 e. The first-order valence-corrected chi connectivity index (χ1v) is 16.4. The van der Waals surface area contributed by atoms with Crippen LogP contribution in [0.2, 0.25) is 0 Å². The minimum Gasteiger partial charge on any atom is -0.456 e. The van der Waals surface area contributed by atoms with E-state index in [1.165, 1.54) is 0 Å². The van der Waals surface area contributed by atoms with Gasteiger partial charge in [-0.05, 0) is 75.4 Å². The van der Waals surface area contributed by atoms with Crippen molar-refractivity contribution >= 4 is 44.4 Å².